The highest BCUT2D eigenvalue weighted by Gasteiger charge is 2.17. The van der Waals surface area contributed by atoms with E-state index < -0.39 is 0 Å². The lowest BCUT2D eigenvalue weighted by atomic mass is 10.1. The van der Waals surface area contributed by atoms with E-state index in [2.05, 4.69) is 34.4 Å². The molecular weight excluding hydrogens is 200 g/mol. The second kappa shape index (κ2) is 6.06. The second-order valence-electron chi connectivity index (χ2n) is 4.28. The minimum atomic E-state index is 0.845. The Hall–Kier alpha value is -0.800. The third kappa shape index (κ3) is 3.09. The molecule has 3 nitrogen and oxygen atoms in total. The van der Waals surface area contributed by atoms with Crippen molar-refractivity contribution in [2.24, 2.45) is 0 Å². The zero-order chi connectivity index (χ0) is 11.2. The fourth-order valence-electron chi connectivity index (χ4n) is 2.19. The van der Waals surface area contributed by atoms with Gasteiger partial charge in [0, 0.05) is 45.5 Å². The maximum Gasteiger partial charge on any atom is 0.0589 e. The van der Waals surface area contributed by atoms with Gasteiger partial charge >= 0.3 is 0 Å². The van der Waals surface area contributed by atoms with Crippen LogP contribution in [0.2, 0.25) is 0 Å². The smallest absolute Gasteiger partial charge is 0.0589 e. The van der Waals surface area contributed by atoms with Gasteiger partial charge in [-0.2, -0.15) is 0 Å². The van der Waals surface area contributed by atoms with Gasteiger partial charge in [0.05, 0.1) is 6.61 Å². The highest BCUT2D eigenvalue weighted by atomic mass is 16.5. The summed E-state index contributed by atoms with van der Waals surface area (Å²) in [5.74, 6) is 0. The van der Waals surface area contributed by atoms with Crippen molar-refractivity contribution in [1.29, 1.82) is 0 Å². The van der Waals surface area contributed by atoms with Crippen LogP contribution in [0.25, 0.3) is 0 Å². The number of piperazine rings is 1. The van der Waals surface area contributed by atoms with E-state index in [1.54, 1.807) is 7.11 Å². The Balaban J connectivity index is 1.76. The lowest BCUT2D eigenvalue weighted by molar-refractivity contribution is 0.111. The SMILES string of the molecule is COCCN1CCN(C2=CC[CH]C=C2)CC1. The summed E-state index contributed by atoms with van der Waals surface area (Å²) in [6.07, 6.45) is 9.96. The van der Waals surface area contributed by atoms with Crippen LogP contribution in [0, 0.1) is 6.42 Å². The average molecular weight is 221 g/mol. The number of hydrogen-bond donors (Lipinski definition) is 0. The molecule has 3 heteroatoms. The molecule has 1 radical (unpaired) electrons. The summed E-state index contributed by atoms with van der Waals surface area (Å²) in [6, 6.07) is 0. The molecule has 1 aliphatic carbocycles. The van der Waals surface area contributed by atoms with E-state index in [4.69, 9.17) is 4.74 Å². The monoisotopic (exact) mass is 221 g/mol. The average Bonchev–Trinajstić information content (AvgIpc) is 2.38. The largest absolute Gasteiger partial charge is 0.383 e. The highest BCUT2D eigenvalue weighted by molar-refractivity contribution is 5.25. The van der Waals surface area contributed by atoms with Crippen LogP contribution in [0.3, 0.4) is 0 Å². The van der Waals surface area contributed by atoms with Gasteiger partial charge in [0.2, 0.25) is 0 Å². The summed E-state index contributed by atoms with van der Waals surface area (Å²) >= 11 is 0. The molecule has 0 bridgehead atoms. The zero-order valence-electron chi connectivity index (χ0n) is 10.1. The van der Waals surface area contributed by atoms with Gasteiger partial charge in [-0.05, 0) is 18.9 Å². The van der Waals surface area contributed by atoms with E-state index in [0.717, 1.165) is 45.8 Å². The van der Waals surface area contributed by atoms with Crippen molar-refractivity contribution in [3.63, 3.8) is 0 Å². The van der Waals surface area contributed by atoms with E-state index in [9.17, 15) is 0 Å². The molecule has 0 aromatic heterocycles. The van der Waals surface area contributed by atoms with Gasteiger partial charge in [-0.3, -0.25) is 4.90 Å². The molecule has 0 aromatic rings. The molecule has 2 aliphatic rings. The number of allylic oxidation sites excluding steroid dienone is 3. The van der Waals surface area contributed by atoms with Crippen LogP contribution in [0.1, 0.15) is 6.42 Å². The highest BCUT2D eigenvalue weighted by Crippen LogP contribution is 2.15. The van der Waals surface area contributed by atoms with Gasteiger partial charge in [-0.15, -0.1) is 0 Å². The van der Waals surface area contributed by atoms with Crippen molar-refractivity contribution in [1.82, 2.24) is 9.80 Å². The van der Waals surface area contributed by atoms with Gasteiger partial charge in [-0.25, -0.2) is 0 Å². The van der Waals surface area contributed by atoms with Crippen LogP contribution in [-0.4, -0.2) is 56.2 Å². The number of rotatable bonds is 4. The minimum absolute atomic E-state index is 0.845. The molecule has 2 rings (SSSR count). The van der Waals surface area contributed by atoms with Crippen LogP contribution < -0.4 is 0 Å². The summed E-state index contributed by atoms with van der Waals surface area (Å²) < 4.78 is 5.11. The van der Waals surface area contributed by atoms with Gasteiger partial charge in [0.15, 0.2) is 0 Å². The van der Waals surface area contributed by atoms with Crippen molar-refractivity contribution < 1.29 is 4.74 Å². The first kappa shape index (κ1) is 11.7. The maximum absolute atomic E-state index is 5.11. The predicted molar refractivity (Wildman–Crippen MR) is 66.0 cm³/mol. The first-order valence-electron chi connectivity index (χ1n) is 6.06. The Morgan fingerprint density at radius 3 is 2.69 bits per heavy atom. The molecular formula is C13H21N2O. The number of methoxy groups -OCH3 is 1. The lowest BCUT2D eigenvalue weighted by Gasteiger charge is -2.37. The molecule has 0 N–H and O–H groups in total. The van der Waals surface area contributed by atoms with E-state index in [-0.39, 0.29) is 0 Å². The molecule has 0 spiro atoms. The molecule has 0 unspecified atom stereocenters. The Labute approximate surface area is 98.4 Å². The Morgan fingerprint density at radius 1 is 1.25 bits per heavy atom. The Morgan fingerprint density at radius 2 is 2.06 bits per heavy atom. The standard InChI is InChI=1S/C13H21N2O/c1-16-12-11-14-7-9-15(10-8-14)13-5-3-2-4-6-13/h2-3,5-6H,4,7-12H2,1H3. The van der Waals surface area contributed by atoms with Crippen LogP contribution in [0.15, 0.2) is 23.9 Å². The van der Waals surface area contributed by atoms with Gasteiger partial charge in [-0.1, -0.05) is 12.2 Å². The van der Waals surface area contributed by atoms with Gasteiger partial charge in [0.25, 0.3) is 0 Å². The predicted octanol–water partition coefficient (Wildman–Crippen LogP) is 1.30. The van der Waals surface area contributed by atoms with Crippen molar-refractivity contribution in [2.45, 2.75) is 6.42 Å². The number of hydrogen-bond acceptors (Lipinski definition) is 3. The van der Waals surface area contributed by atoms with Crippen molar-refractivity contribution in [3.05, 3.63) is 30.3 Å². The molecule has 1 aliphatic heterocycles. The van der Waals surface area contributed by atoms with Crippen molar-refractivity contribution in [2.75, 3.05) is 46.4 Å². The van der Waals surface area contributed by atoms with E-state index in [0.29, 0.717) is 0 Å². The normalized spacial score (nSPS) is 22.3. The van der Waals surface area contributed by atoms with Gasteiger partial charge < -0.3 is 9.64 Å². The summed E-state index contributed by atoms with van der Waals surface area (Å²) in [5.41, 5.74) is 1.40. The molecule has 0 aromatic carbocycles. The zero-order valence-corrected chi connectivity index (χ0v) is 10.1. The van der Waals surface area contributed by atoms with Crippen LogP contribution >= 0.6 is 0 Å². The third-order valence-electron chi connectivity index (χ3n) is 3.22. The van der Waals surface area contributed by atoms with E-state index in [1.807, 2.05) is 0 Å². The summed E-state index contributed by atoms with van der Waals surface area (Å²) in [4.78, 5) is 4.95. The van der Waals surface area contributed by atoms with Crippen molar-refractivity contribution in [3.8, 4) is 0 Å². The fourth-order valence-corrected chi connectivity index (χ4v) is 2.19. The number of ether oxygens (including phenoxy) is 1. The number of nitrogens with zero attached hydrogens (tertiary/aromatic N) is 2. The second-order valence-corrected chi connectivity index (χ2v) is 4.28. The molecule has 1 heterocycles. The Bertz CT molecular complexity index is 265. The van der Waals surface area contributed by atoms with E-state index in [1.165, 1.54) is 5.70 Å². The minimum Gasteiger partial charge on any atom is -0.383 e. The fraction of sp³-hybridized carbons (Fsp3) is 0.615. The molecule has 0 amide bonds. The first-order valence-corrected chi connectivity index (χ1v) is 6.06. The van der Waals surface area contributed by atoms with Crippen LogP contribution in [0.5, 0.6) is 0 Å². The molecule has 89 valence electrons. The molecule has 0 atom stereocenters. The summed E-state index contributed by atoms with van der Waals surface area (Å²) in [5, 5.41) is 0. The topological polar surface area (TPSA) is 15.7 Å². The Kier molecular flexibility index (Phi) is 4.43. The van der Waals surface area contributed by atoms with E-state index >= 15 is 0 Å². The van der Waals surface area contributed by atoms with Gasteiger partial charge in [0.1, 0.15) is 0 Å². The summed E-state index contributed by atoms with van der Waals surface area (Å²) in [6.45, 7) is 6.49. The van der Waals surface area contributed by atoms with Crippen LogP contribution in [-0.2, 0) is 4.74 Å². The molecule has 0 saturated carbocycles. The molecule has 1 saturated heterocycles. The van der Waals surface area contributed by atoms with Crippen molar-refractivity contribution >= 4 is 0 Å². The molecule has 16 heavy (non-hydrogen) atoms. The first-order chi connectivity index (χ1) is 7.90. The van der Waals surface area contributed by atoms with Crippen LogP contribution in [0.4, 0.5) is 0 Å². The maximum atomic E-state index is 5.11. The molecule has 1 fully saturated rings. The third-order valence-corrected chi connectivity index (χ3v) is 3.22. The lowest BCUT2D eigenvalue weighted by Crippen LogP contribution is -2.46. The summed E-state index contributed by atoms with van der Waals surface area (Å²) in [7, 11) is 1.77. The quantitative estimate of drug-likeness (QED) is 0.711.